The second-order valence-corrected chi connectivity index (χ2v) is 15.6. The van der Waals surface area contributed by atoms with Crippen molar-refractivity contribution in [1.29, 1.82) is 0 Å². The van der Waals surface area contributed by atoms with E-state index in [1.54, 1.807) is 0 Å². The van der Waals surface area contributed by atoms with Crippen LogP contribution in [-0.2, 0) is 17.0 Å². The van der Waals surface area contributed by atoms with Crippen LogP contribution in [0.15, 0.2) is 0 Å². The average molecular weight is 552 g/mol. The predicted molar refractivity (Wildman–Crippen MR) is 150 cm³/mol. The topological polar surface area (TPSA) is 28.2 Å². The molecule has 2 nitrogen and oxygen atoms in total. The Morgan fingerprint density at radius 1 is 0.588 bits per heavy atom. The van der Waals surface area contributed by atoms with E-state index in [0.717, 1.165) is 78.7 Å². The molecule has 2 aliphatic carbocycles. The maximum atomic E-state index is 5.37. The first-order valence-electron chi connectivity index (χ1n) is 14.2. The van der Waals surface area contributed by atoms with Crippen LogP contribution in [0.1, 0.15) is 101 Å². The first kappa shape index (κ1) is 33.2. The Bertz CT molecular complexity index is 448. The van der Waals surface area contributed by atoms with E-state index in [9.17, 15) is 0 Å². The summed E-state index contributed by atoms with van der Waals surface area (Å²) < 4.78 is 0. The van der Waals surface area contributed by atoms with Crippen LogP contribution in [0.3, 0.4) is 0 Å². The second kappa shape index (κ2) is 16.9. The molecule has 2 fully saturated rings. The molecule has 0 aromatic heterocycles. The zero-order chi connectivity index (χ0) is 26.0. The summed E-state index contributed by atoms with van der Waals surface area (Å²) in [5, 5.41) is 10.7. The Kier molecular flexibility index (Phi) is 16.6. The number of hydrogen-bond donors (Lipinski definition) is 0. The molecule has 202 valence electrons. The van der Waals surface area contributed by atoms with Gasteiger partial charge < -0.3 is 10.6 Å². The van der Waals surface area contributed by atoms with Crippen LogP contribution in [-0.4, -0.2) is 25.2 Å². The summed E-state index contributed by atoms with van der Waals surface area (Å²) in [6.07, 6.45) is 6.61. The summed E-state index contributed by atoms with van der Waals surface area (Å²) >= 11 is -0.556. The summed E-state index contributed by atoms with van der Waals surface area (Å²) in [6.45, 7) is 26.3. The third-order valence-corrected chi connectivity index (χ3v) is 8.87. The van der Waals surface area contributed by atoms with Gasteiger partial charge in [-0.25, -0.2) is 0 Å². The molecule has 2 aliphatic rings. The monoisotopic (exact) mass is 550 g/mol. The van der Waals surface area contributed by atoms with Crippen LogP contribution in [0.5, 0.6) is 0 Å². The third-order valence-electron chi connectivity index (χ3n) is 8.87. The third kappa shape index (κ3) is 10.5. The number of nitrogens with zero attached hydrogens (tertiary/aromatic N) is 2. The van der Waals surface area contributed by atoms with Crippen molar-refractivity contribution in [3.63, 3.8) is 0 Å². The molecule has 2 rings (SSSR count). The van der Waals surface area contributed by atoms with Crippen molar-refractivity contribution in [3.8, 4) is 0 Å². The average Bonchev–Trinajstić information content (AvgIpc) is 2.74. The van der Waals surface area contributed by atoms with Gasteiger partial charge in [0.15, 0.2) is 0 Å². The Morgan fingerprint density at radius 3 is 1.03 bits per heavy atom. The van der Waals surface area contributed by atoms with E-state index >= 15 is 0 Å². The SMILES string of the molecule is CC1CC(C(C)C)C([N-]CCC[N-]C2C(C(C)C)CC(C)CC2C(C)C)C(C(C)C)C1.[Cl][Ti][Cl]. The van der Waals surface area contributed by atoms with Gasteiger partial charge in [0.05, 0.1) is 0 Å². The van der Waals surface area contributed by atoms with Gasteiger partial charge in [-0.1, -0.05) is 99.3 Å². The summed E-state index contributed by atoms with van der Waals surface area (Å²) in [5.74, 6) is 7.75. The van der Waals surface area contributed by atoms with Gasteiger partial charge in [-0.2, -0.15) is 13.1 Å². The molecule has 34 heavy (non-hydrogen) atoms. The molecule has 4 unspecified atom stereocenters. The molecule has 2 saturated carbocycles. The van der Waals surface area contributed by atoms with Crippen LogP contribution < -0.4 is 0 Å². The zero-order valence-electron chi connectivity index (χ0n) is 24.0. The Balaban J connectivity index is 0.00000182. The van der Waals surface area contributed by atoms with E-state index in [4.69, 9.17) is 29.2 Å². The summed E-state index contributed by atoms with van der Waals surface area (Å²) in [7, 11) is 9.78. The maximum absolute atomic E-state index is 5.37. The number of hydrogen-bond acceptors (Lipinski definition) is 0. The molecule has 0 aromatic carbocycles. The van der Waals surface area contributed by atoms with E-state index in [2.05, 4.69) is 69.2 Å². The molecule has 0 saturated heterocycles. The van der Waals surface area contributed by atoms with Crippen molar-refractivity contribution in [1.82, 2.24) is 0 Å². The van der Waals surface area contributed by atoms with Gasteiger partial charge in [0.1, 0.15) is 0 Å². The summed E-state index contributed by atoms with van der Waals surface area (Å²) in [5.41, 5.74) is 0. The van der Waals surface area contributed by atoms with Crippen molar-refractivity contribution >= 4 is 18.6 Å². The van der Waals surface area contributed by atoms with Crippen LogP contribution in [0, 0.1) is 59.2 Å². The van der Waals surface area contributed by atoms with Crippen molar-refractivity contribution in [2.45, 2.75) is 113 Å². The van der Waals surface area contributed by atoms with Gasteiger partial charge >= 0.3 is 35.6 Å². The van der Waals surface area contributed by atoms with E-state index < -0.39 is 17.0 Å². The predicted octanol–water partition coefficient (Wildman–Crippen LogP) is 10.2. The van der Waals surface area contributed by atoms with Gasteiger partial charge in [0, 0.05) is 0 Å². The minimum atomic E-state index is -0.556. The molecule has 0 radical (unpaired) electrons. The van der Waals surface area contributed by atoms with E-state index in [1.807, 2.05) is 0 Å². The van der Waals surface area contributed by atoms with Gasteiger partial charge in [-0.15, -0.1) is 12.1 Å². The van der Waals surface area contributed by atoms with Crippen molar-refractivity contribution in [2.24, 2.45) is 59.2 Å². The van der Waals surface area contributed by atoms with E-state index in [-0.39, 0.29) is 0 Å². The summed E-state index contributed by atoms with van der Waals surface area (Å²) in [4.78, 5) is 0. The van der Waals surface area contributed by atoms with Crippen molar-refractivity contribution < 1.29 is 17.0 Å². The van der Waals surface area contributed by atoms with Crippen LogP contribution in [0.2, 0.25) is 0 Å². The van der Waals surface area contributed by atoms with Gasteiger partial charge in [0.2, 0.25) is 0 Å². The Hall–Kier alpha value is 1.21. The molecule has 4 atom stereocenters. The fourth-order valence-electron chi connectivity index (χ4n) is 7.00. The molecule has 0 aromatic rings. The number of rotatable bonds is 10. The van der Waals surface area contributed by atoms with Crippen LogP contribution in [0.25, 0.3) is 10.6 Å². The fourth-order valence-corrected chi connectivity index (χ4v) is 7.00. The molecule has 5 heteroatoms. The quantitative estimate of drug-likeness (QED) is 0.191. The fraction of sp³-hybridized carbons (Fsp3) is 1.00. The molecule has 0 amide bonds. The summed E-state index contributed by atoms with van der Waals surface area (Å²) in [6, 6.07) is 1.14. The zero-order valence-corrected chi connectivity index (χ0v) is 27.1. The van der Waals surface area contributed by atoms with Crippen LogP contribution in [0.4, 0.5) is 0 Å². The molecule has 0 heterocycles. The molecular weight excluding hydrogens is 495 g/mol. The van der Waals surface area contributed by atoms with Gasteiger partial charge in [0.25, 0.3) is 0 Å². The van der Waals surface area contributed by atoms with Crippen molar-refractivity contribution in [2.75, 3.05) is 13.1 Å². The van der Waals surface area contributed by atoms with Gasteiger partial charge in [-0.3, -0.25) is 0 Å². The first-order chi connectivity index (χ1) is 15.9. The molecule has 0 bridgehead atoms. The van der Waals surface area contributed by atoms with Crippen LogP contribution >= 0.6 is 18.6 Å². The minimum absolute atomic E-state index is 0.556. The van der Waals surface area contributed by atoms with E-state index in [0.29, 0.717) is 12.1 Å². The Labute approximate surface area is 230 Å². The number of halogens is 2. The van der Waals surface area contributed by atoms with E-state index in [1.165, 1.54) is 25.7 Å². The molecule has 0 N–H and O–H groups in total. The second-order valence-electron chi connectivity index (χ2n) is 13.0. The standard InChI is InChI=1S/C29H56N2.2ClH.Ti/c1-18(2)24-14-22(9)15-25(19(3)4)28(24)30-12-11-13-31-29-26(20(5)6)16-23(10)17-27(29)21(7)8;;;/h18-29H,11-17H2,1-10H3;2*1H;/q-2;;;+2/p-2. The first-order valence-corrected chi connectivity index (χ1v) is 18.5. The van der Waals surface area contributed by atoms with Crippen molar-refractivity contribution in [3.05, 3.63) is 10.6 Å². The molecule has 0 aliphatic heterocycles. The molecular formula is C29H56Cl2N2Ti-2. The van der Waals surface area contributed by atoms with Gasteiger partial charge in [-0.05, 0) is 61.2 Å². The molecule has 0 spiro atoms. The Morgan fingerprint density at radius 2 is 0.824 bits per heavy atom. The normalized spacial score (nSPS) is 34.5.